The van der Waals surface area contributed by atoms with Crippen molar-refractivity contribution in [1.82, 2.24) is 20.1 Å². The molecule has 0 aliphatic heterocycles. The summed E-state index contributed by atoms with van der Waals surface area (Å²) in [5, 5.41) is 7.16. The van der Waals surface area contributed by atoms with Crippen molar-refractivity contribution in [1.29, 1.82) is 0 Å². The van der Waals surface area contributed by atoms with Crippen molar-refractivity contribution in [2.45, 2.75) is 44.9 Å². The fourth-order valence-electron chi connectivity index (χ4n) is 1.44. The summed E-state index contributed by atoms with van der Waals surface area (Å²) in [5.41, 5.74) is 0. The molecule has 0 aliphatic rings. The van der Waals surface area contributed by atoms with Crippen LogP contribution < -0.4 is 5.32 Å². The van der Waals surface area contributed by atoms with Gasteiger partial charge in [-0.1, -0.05) is 0 Å². The minimum absolute atomic E-state index is 0.0288. The zero-order valence-corrected chi connectivity index (χ0v) is 9.96. The highest BCUT2D eigenvalue weighted by Crippen LogP contribution is 2.22. The van der Waals surface area contributed by atoms with E-state index in [9.17, 15) is 13.2 Å². The molecule has 17 heavy (non-hydrogen) atoms. The molecule has 7 heteroatoms. The molecule has 1 aromatic heterocycles. The molecular formula is C10H17F3N4. The first-order chi connectivity index (χ1) is 7.87. The second kappa shape index (κ2) is 6.00. The van der Waals surface area contributed by atoms with Gasteiger partial charge in [0, 0.05) is 19.5 Å². The molecule has 1 aromatic rings. The van der Waals surface area contributed by atoms with Gasteiger partial charge in [0.2, 0.25) is 0 Å². The van der Waals surface area contributed by atoms with Gasteiger partial charge >= 0.3 is 6.18 Å². The fraction of sp³-hybridized carbons (Fsp3) is 0.800. The van der Waals surface area contributed by atoms with E-state index in [4.69, 9.17) is 0 Å². The number of alkyl halides is 3. The average molecular weight is 250 g/mol. The Morgan fingerprint density at radius 2 is 2.18 bits per heavy atom. The van der Waals surface area contributed by atoms with Crippen LogP contribution in [0.5, 0.6) is 0 Å². The molecule has 1 rings (SSSR count). The van der Waals surface area contributed by atoms with Crippen LogP contribution in [0.3, 0.4) is 0 Å². The standard InChI is InChI=1S/C10H17F3N4/c1-8(4-3-5-10(11,12)13)14-6-9-15-7-17(2)16-9/h7-8,14H,3-6H2,1-2H3. The Morgan fingerprint density at radius 1 is 1.47 bits per heavy atom. The van der Waals surface area contributed by atoms with Crippen molar-refractivity contribution < 1.29 is 13.2 Å². The first-order valence-electron chi connectivity index (χ1n) is 5.51. The van der Waals surface area contributed by atoms with E-state index in [1.165, 1.54) is 0 Å². The molecule has 98 valence electrons. The minimum atomic E-state index is -4.05. The van der Waals surface area contributed by atoms with E-state index >= 15 is 0 Å². The molecule has 0 radical (unpaired) electrons. The van der Waals surface area contributed by atoms with Gasteiger partial charge in [-0.15, -0.1) is 0 Å². The highest BCUT2D eigenvalue weighted by atomic mass is 19.4. The summed E-state index contributed by atoms with van der Waals surface area (Å²) in [6.07, 6.45) is -2.55. The Hall–Kier alpha value is -1.11. The van der Waals surface area contributed by atoms with Crippen LogP contribution in [0.2, 0.25) is 0 Å². The predicted octanol–water partition coefficient (Wildman–Crippen LogP) is 2.03. The van der Waals surface area contributed by atoms with E-state index < -0.39 is 12.6 Å². The molecule has 1 atom stereocenters. The summed E-state index contributed by atoms with van der Waals surface area (Å²) >= 11 is 0. The summed E-state index contributed by atoms with van der Waals surface area (Å²) in [4.78, 5) is 4.02. The Morgan fingerprint density at radius 3 is 2.71 bits per heavy atom. The minimum Gasteiger partial charge on any atom is -0.307 e. The van der Waals surface area contributed by atoms with Crippen molar-refractivity contribution in [2.24, 2.45) is 7.05 Å². The van der Waals surface area contributed by atoms with Crippen LogP contribution in [0.15, 0.2) is 6.33 Å². The van der Waals surface area contributed by atoms with Crippen LogP contribution in [0, 0.1) is 0 Å². The van der Waals surface area contributed by atoms with Gasteiger partial charge in [-0.2, -0.15) is 18.3 Å². The largest absolute Gasteiger partial charge is 0.389 e. The number of aryl methyl sites for hydroxylation is 1. The SMILES string of the molecule is CC(CCCC(F)(F)F)NCc1ncn(C)n1. The third-order valence-corrected chi connectivity index (χ3v) is 2.35. The molecule has 1 heterocycles. The normalized spacial score (nSPS) is 13.9. The number of nitrogens with zero attached hydrogens (tertiary/aromatic N) is 3. The van der Waals surface area contributed by atoms with Crippen LogP contribution in [0.1, 0.15) is 32.0 Å². The first kappa shape index (κ1) is 14.0. The smallest absolute Gasteiger partial charge is 0.307 e. The lowest BCUT2D eigenvalue weighted by atomic mass is 10.1. The Kier molecular flexibility index (Phi) is 4.92. The molecule has 1 unspecified atom stereocenters. The van der Waals surface area contributed by atoms with Gasteiger partial charge in [-0.3, -0.25) is 4.68 Å². The molecule has 4 nitrogen and oxygen atoms in total. The predicted molar refractivity (Wildman–Crippen MR) is 57.2 cm³/mol. The fourth-order valence-corrected chi connectivity index (χ4v) is 1.44. The van der Waals surface area contributed by atoms with Crippen molar-refractivity contribution in [3.8, 4) is 0 Å². The van der Waals surface area contributed by atoms with E-state index in [0.29, 0.717) is 18.8 Å². The summed E-state index contributed by atoms with van der Waals surface area (Å²) in [6.45, 7) is 2.34. The molecule has 0 aliphatic carbocycles. The van der Waals surface area contributed by atoms with Crippen LogP contribution >= 0.6 is 0 Å². The molecule has 0 fully saturated rings. The van der Waals surface area contributed by atoms with E-state index in [0.717, 1.165) is 0 Å². The van der Waals surface area contributed by atoms with Crippen LogP contribution in [-0.4, -0.2) is 27.0 Å². The molecule has 0 saturated heterocycles. The molecular weight excluding hydrogens is 233 g/mol. The van der Waals surface area contributed by atoms with Crippen LogP contribution in [-0.2, 0) is 13.6 Å². The number of rotatable bonds is 6. The third kappa shape index (κ3) is 6.25. The van der Waals surface area contributed by atoms with E-state index in [1.807, 2.05) is 6.92 Å². The number of hydrogen-bond acceptors (Lipinski definition) is 3. The summed E-state index contributed by atoms with van der Waals surface area (Å²) in [5.74, 6) is 0.648. The lowest BCUT2D eigenvalue weighted by molar-refractivity contribution is -0.135. The average Bonchev–Trinajstić information content (AvgIpc) is 2.59. The van der Waals surface area contributed by atoms with E-state index in [1.54, 1.807) is 18.1 Å². The zero-order chi connectivity index (χ0) is 12.9. The van der Waals surface area contributed by atoms with Crippen LogP contribution in [0.25, 0.3) is 0 Å². The van der Waals surface area contributed by atoms with Gasteiger partial charge in [0.05, 0.1) is 6.54 Å². The molecule has 1 N–H and O–H groups in total. The topological polar surface area (TPSA) is 42.7 Å². The molecule has 0 saturated carbocycles. The zero-order valence-electron chi connectivity index (χ0n) is 9.96. The van der Waals surface area contributed by atoms with Gasteiger partial charge in [-0.25, -0.2) is 4.98 Å². The lowest BCUT2D eigenvalue weighted by Gasteiger charge is -2.13. The van der Waals surface area contributed by atoms with Gasteiger partial charge in [0.15, 0.2) is 5.82 Å². The number of aromatic nitrogens is 3. The molecule has 0 aromatic carbocycles. The highest BCUT2D eigenvalue weighted by molar-refractivity contribution is 4.81. The van der Waals surface area contributed by atoms with Crippen LogP contribution in [0.4, 0.5) is 13.2 Å². The second-order valence-corrected chi connectivity index (χ2v) is 4.12. The Balaban J connectivity index is 2.15. The van der Waals surface area contributed by atoms with Gasteiger partial charge in [0.25, 0.3) is 0 Å². The monoisotopic (exact) mass is 250 g/mol. The number of hydrogen-bond donors (Lipinski definition) is 1. The maximum Gasteiger partial charge on any atom is 0.389 e. The lowest BCUT2D eigenvalue weighted by Crippen LogP contribution is -2.26. The van der Waals surface area contributed by atoms with Crippen molar-refractivity contribution in [3.63, 3.8) is 0 Å². The Bertz CT molecular complexity index is 335. The molecule has 0 bridgehead atoms. The van der Waals surface area contributed by atoms with Crippen molar-refractivity contribution >= 4 is 0 Å². The van der Waals surface area contributed by atoms with Gasteiger partial charge < -0.3 is 5.32 Å². The van der Waals surface area contributed by atoms with Gasteiger partial charge in [0.1, 0.15) is 6.33 Å². The highest BCUT2D eigenvalue weighted by Gasteiger charge is 2.26. The third-order valence-electron chi connectivity index (χ3n) is 2.35. The molecule has 0 amide bonds. The van der Waals surface area contributed by atoms with Crippen molar-refractivity contribution in [2.75, 3.05) is 0 Å². The maximum atomic E-state index is 11.9. The van der Waals surface area contributed by atoms with Crippen molar-refractivity contribution in [3.05, 3.63) is 12.2 Å². The summed E-state index contributed by atoms with van der Waals surface area (Å²) in [7, 11) is 1.77. The van der Waals surface area contributed by atoms with Gasteiger partial charge in [-0.05, 0) is 19.8 Å². The maximum absolute atomic E-state index is 11.9. The number of nitrogens with one attached hydrogen (secondary N) is 1. The summed E-state index contributed by atoms with van der Waals surface area (Å²) in [6, 6.07) is 0.0288. The Labute approximate surface area is 98.2 Å². The number of halogens is 3. The van der Waals surface area contributed by atoms with E-state index in [-0.39, 0.29) is 12.5 Å². The quantitative estimate of drug-likeness (QED) is 0.840. The van der Waals surface area contributed by atoms with E-state index in [2.05, 4.69) is 15.4 Å². The summed E-state index contributed by atoms with van der Waals surface area (Å²) < 4.78 is 37.3. The second-order valence-electron chi connectivity index (χ2n) is 4.12. The first-order valence-corrected chi connectivity index (χ1v) is 5.51. The molecule has 0 spiro atoms.